The second kappa shape index (κ2) is 9.69. The number of halogens is 3. The third kappa shape index (κ3) is 5.76. The molecule has 1 unspecified atom stereocenters. The molecule has 37 heavy (non-hydrogen) atoms. The fraction of sp³-hybridized carbons (Fsp3) is 0.517. The van der Waals surface area contributed by atoms with Crippen LogP contribution in [0.4, 0.5) is 13.2 Å². The first kappa shape index (κ1) is 29.6. The van der Waals surface area contributed by atoms with Crippen LogP contribution < -0.4 is 0 Å². The zero-order valence-electron chi connectivity index (χ0n) is 23.5. The van der Waals surface area contributed by atoms with E-state index in [0.717, 1.165) is 33.0 Å². The fourth-order valence-electron chi connectivity index (χ4n) is 4.95. The maximum absolute atomic E-state index is 13.4. The first-order valence-electron chi connectivity index (χ1n) is 12.7. The van der Waals surface area contributed by atoms with Gasteiger partial charge in [0.1, 0.15) is 6.10 Å². The minimum Gasteiger partial charge on any atom is -0.250 e. The Labute approximate surface area is 221 Å². The SMILES string of the molecule is CC(C)C1=C([SiH](C)C)c2c(-c3cc(C(C)(C)C)cc(C(C)(C)C)c3)cccc2C1OS(=O)(=O)C(F)(F)F. The van der Waals surface area contributed by atoms with E-state index in [2.05, 4.69) is 72.8 Å². The number of fused-ring (bicyclic) bond motifs is 1. The summed E-state index contributed by atoms with van der Waals surface area (Å²) >= 11 is 0. The van der Waals surface area contributed by atoms with Crippen LogP contribution in [0, 0.1) is 5.92 Å². The predicted molar refractivity (Wildman–Crippen MR) is 149 cm³/mol. The second-order valence-corrected chi connectivity index (χ2v) is 17.1. The van der Waals surface area contributed by atoms with Crippen LogP contribution >= 0.6 is 0 Å². The van der Waals surface area contributed by atoms with E-state index in [1.807, 2.05) is 19.9 Å². The topological polar surface area (TPSA) is 43.4 Å². The lowest BCUT2D eigenvalue weighted by molar-refractivity contribution is -0.0564. The van der Waals surface area contributed by atoms with Gasteiger partial charge >= 0.3 is 15.6 Å². The Kier molecular flexibility index (Phi) is 7.76. The van der Waals surface area contributed by atoms with E-state index < -0.39 is 30.5 Å². The standard InChI is InChI=1S/C29H39F3O3SSi/c1-17(2)23-25(35-36(33,34)29(30,31)32)22-13-11-12-21(24(22)26(23)37(9)10)18-14-19(27(3,4)5)16-20(15-18)28(6,7)8/h11-17,25,37H,1-10H3. The third-order valence-electron chi connectivity index (χ3n) is 6.92. The van der Waals surface area contributed by atoms with Crippen molar-refractivity contribution in [2.75, 3.05) is 0 Å². The molecule has 0 N–H and O–H groups in total. The van der Waals surface area contributed by atoms with Gasteiger partial charge in [0.2, 0.25) is 0 Å². The van der Waals surface area contributed by atoms with E-state index in [0.29, 0.717) is 11.1 Å². The van der Waals surface area contributed by atoms with Crippen LogP contribution in [0.5, 0.6) is 0 Å². The van der Waals surface area contributed by atoms with Gasteiger partial charge in [-0.1, -0.05) is 110 Å². The highest BCUT2D eigenvalue weighted by Crippen LogP contribution is 2.52. The molecule has 3 rings (SSSR count). The van der Waals surface area contributed by atoms with Crippen LogP contribution in [0.25, 0.3) is 16.3 Å². The lowest BCUT2D eigenvalue weighted by Crippen LogP contribution is -2.28. The first-order chi connectivity index (χ1) is 16.7. The van der Waals surface area contributed by atoms with Gasteiger partial charge < -0.3 is 0 Å². The van der Waals surface area contributed by atoms with Crippen molar-refractivity contribution in [3.63, 3.8) is 0 Å². The molecular weight excluding hydrogens is 513 g/mol. The van der Waals surface area contributed by atoms with Crippen molar-refractivity contribution in [2.45, 2.75) is 90.9 Å². The van der Waals surface area contributed by atoms with Gasteiger partial charge in [-0.2, -0.15) is 21.6 Å². The Bertz CT molecular complexity index is 1290. The number of benzene rings is 2. The monoisotopic (exact) mass is 552 g/mol. The minimum absolute atomic E-state index is 0.116. The van der Waals surface area contributed by atoms with Crippen molar-refractivity contribution in [2.24, 2.45) is 5.92 Å². The first-order valence-corrected chi connectivity index (χ1v) is 17.0. The maximum atomic E-state index is 13.4. The van der Waals surface area contributed by atoms with Gasteiger partial charge in [-0.05, 0) is 55.7 Å². The number of alkyl halides is 3. The molecule has 0 aliphatic heterocycles. The normalized spacial score (nSPS) is 17.2. The average Bonchev–Trinajstić information content (AvgIpc) is 3.05. The summed E-state index contributed by atoms with van der Waals surface area (Å²) in [5.41, 5.74) is 0.438. The number of rotatable bonds is 5. The molecule has 3 nitrogen and oxygen atoms in total. The highest BCUT2D eigenvalue weighted by molar-refractivity contribution is 7.87. The zero-order chi connectivity index (χ0) is 28.3. The molecule has 2 aromatic carbocycles. The molecule has 0 saturated heterocycles. The quantitative estimate of drug-likeness (QED) is 0.213. The maximum Gasteiger partial charge on any atom is 0.523 e. The Balaban J connectivity index is 2.39. The van der Waals surface area contributed by atoms with Crippen LogP contribution in [-0.4, -0.2) is 22.7 Å². The van der Waals surface area contributed by atoms with E-state index in [-0.39, 0.29) is 16.7 Å². The Hall–Kier alpha value is -1.90. The molecule has 0 fully saturated rings. The Morgan fingerprint density at radius 3 is 1.81 bits per heavy atom. The Morgan fingerprint density at radius 1 is 0.892 bits per heavy atom. The van der Waals surface area contributed by atoms with Crippen molar-refractivity contribution in [3.8, 4) is 11.1 Å². The van der Waals surface area contributed by atoms with E-state index in [4.69, 9.17) is 4.18 Å². The lowest BCUT2D eigenvalue weighted by atomic mass is 9.78. The minimum atomic E-state index is -5.79. The molecule has 0 bridgehead atoms. The van der Waals surface area contributed by atoms with Gasteiger partial charge in [-0.15, -0.1) is 0 Å². The summed E-state index contributed by atoms with van der Waals surface area (Å²) in [5, 5.41) is 0.987. The molecule has 1 aliphatic carbocycles. The lowest BCUT2D eigenvalue weighted by Gasteiger charge is -2.27. The van der Waals surface area contributed by atoms with Crippen molar-refractivity contribution in [3.05, 3.63) is 64.2 Å². The van der Waals surface area contributed by atoms with Gasteiger partial charge in [0, 0.05) is 0 Å². The van der Waals surface area contributed by atoms with Crippen LogP contribution in [0.1, 0.15) is 83.7 Å². The van der Waals surface area contributed by atoms with E-state index >= 15 is 0 Å². The van der Waals surface area contributed by atoms with Crippen molar-refractivity contribution >= 4 is 24.1 Å². The molecular formula is C29H39F3O3SSi. The highest BCUT2D eigenvalue weighted by atomic mass is 32.2. The summed E-state index contributed by atoms with van der Waals surface area (Å²) in [7, 11) is -7.43. The smallest absolute Gasteiger partial charge is 0.250 e. The van der Waals surface area contributed by atoms with Crippen LogP contribution in [-0.2, 0) is 25.1 Å². The van der Waals surface area contributed by atoms with E-state index in [1.165, 1.54) is 0 Å². The van der Waals surface area contributed by atoms with Gasteiger partial charge in [-0.25, -0.2) is 0 Å². The molecule has 1 aliphatic rings. The molecule has 0 heterocycles. The molecule has 0 amide bonds. The molecule has 0 spiro atoms. The molecule has 0 saturated carbocycles. The van der Waals surface area contributed by atoms with Gasteiger partial charge in [0.05, 0.1) is 8.80 Å². The number of hydrogen-bond acceptors (Lipinski definition) is 3. The molecule has 8 heteroatoms. The molecule has 1 atom stereocenters. The summed E-state index contributed by atoms with van der Waals surface area (Å²) in [4.78, 5) is 0. The number of hydrogen-bond donors (Lipinski definition) is 0. The molecule has 204 valence electrons. The van der Waals surface area contributed by atoms with Crippen molar-refractivity contribution in [1.29, 1.82) is 0 Å². The Morgan fingerprint density at radius 2 is 1.41 bits per heavy atom. The fourth-order valence-corrected chi connectivity index (χ4v) is 7.57. The van der Waals surface area contributed by atoms with Crippen LogP contribution in [0.2, 0.25) is 13.1 Å². The van der Waals surface area contributed by atoms with Crippen LogP contribution in [0.15, 0.2) is 42.0 Å². The summed E-state index contributed by atoms with van der Waals surface area (Å²) < 4.78 is 69.5. The van der Waals surface area contributed by atoms with E-state index in [1.54, 1.807) is 12.1 Å². The second-order valence-electron chi connectivity index (χ2n) is 12.6. The summed E-state index contributed by atoms with van der Waals surface area (Å²) in [6, 6.07) is 12.0. The molecule has 0 radical (unpaired) electrons. The zero-order valence-corrected chi connectivity index (χ0v) is 25.4. The van der Waals surface area contributed by atoms with Crippen LogP contribution in [0.3, 0.4) is 0 Å². The highest BCUT2D eigenvalue weighted by Gasteiger charge is 2.51. The largest absolute Gasteiger partial charge is 0.523 e. The van der Waals surface area contributed by atoms with E-state index in [9.17, 15) is 21.6 Å². The third-order valence-corrected chi connectivity index (χ3v) is 9.71. The van der Waals surface area contributed by atoms with Crippen molar-refractivity contribution < 1.29 is 25.8 Å². The summed E-state index contributed by atoms with van der Waals surface area (Å²) in [5.74, 6) is -0.190. The van der Waals surface area contributed by atoms with Gasteiger partial charge in [-0.3, -0.25) is 4.18 Å². The summed E-state index contributed by atoms with van der Waals surface area (Å²) in [6.07, 6.45) is -1.29. The molecule has 2 aromatic rings. The average molecular weight is 553 g/mol. The van der Waals surface area contributed by atoms with Crippen molar-refractivity contribution in [1.82, 2.24) is 0 Å². The predicted octanol–water partition coefficient (Wildman–Crippen LogP) is 8.31. The summed E-state index contributed by atoms with van der Waals surface area (Å²) in [6.45, 7) is 20.9. The van der Waals surface area contributed by atoms with Gasteiger partial charge in [0.15, 0.2) is 0 Å². The van der Waals surface area contributed by atoms with Gasteiger partial charge in [0.25, 0.3) is 0 Å². The molecule has 0 aromatic heterocycles.